The van der Waals surface area contributed by atoms with Crippen LogP contribution in [-0.4, -0.2) is 53.8 Å². The maximum absolute atomic E-state index is 12.8. The maximum Gasteiger partial charge on any atom is 0.338 e. The fourth-order valence-electron chi connectivity index (χ4n) is 3.78. The third kappa shape index (κ3) is 5.28. The van der Waals surface area contributed by atoms with Gasteiger partial charge in [0.1, 0.15) is 0 Å². The number of urea groups is 1. The molecule has 0 unspecified atom stereocenters. The average Bonchev–Trinajstić information content (AvgIpc) is 3.00. The zero-order chi connectivity index (χ0) is 22.5. The lowest BCUT2D eigenvalue weighted by Crippen LogP contribution is -2.42. The van der Waals surface area contributed by atoms with E-state index in [0.717, 1.165) is 32.1 Å². The molecule has 31 heavy (non-hydrogen) atoms. The van der Waals surface area contributed by atoms with Gasteiger partial charge in [0.05, 0.1) is 16.7 Å². The first-order valence-corrected chi connectivity index (χ1v) is 10.5. The Kier molecular flexibility index (Phi) is 7.04. The highest BCUT2D eigenvalue weighted by Gasteiger charge is 2.40. The molecule has 0 radical (unpaired) electrons. The third-order valence-corrected chi connectivity index (χ3v) is 5.35. The van der Waals surface area contributed by atoms with Crippen LogP contribution in [0.4, 0.5) is 4.79 Å². The van der Waals surface area contributed by atoms with Gasteiger partial charge in [-0.3, -0.25) is 24.6 Å². The minimum absolute atomic E-state index is 0.0578. The Bertz CT molecular complexity index is 905. The Morgan fingerprint density at radius 1 is 1.06 bits per heavy atom. The fraction of sp³-hybridized carbons (Fsp3) is 0.500. The zero-order valence-corrected chi connectivity index (χ0v) is 17.7. The molecule has 2 N–H and O–H groups in total. The topological polar surface area (TPSA) is 122 Å². The summed E-state index contributed by atoms with van der Waals surface area (Å²) in [6.07, 6.45) is 4.64. The number of hydrogen-bond donors (Lipinski definition) is 2. The van der Waals surface area contributed by atoms with E-state index in [1.54, 1.807) is 0 Å². The third-order valence-electron chi connectivity index (χ3n) is 5.35. The molecule has 0 atom stereocenters. The molecule has 166 valence electrons. The van der Waals surface area contributed by atoms with Crippen LogP contribution in [0.15, 0.2) is 18.2 Å². The molecule has 1 heterocycles. The molecular weight excluding hydrogens is 402 g/mol. The largest absolute Gasteiger partial charge is 0.452 e. The first-order chi connectivity index (χ1) is 14.8. The van der Waals surface area contributed by atoms with E-state index in [-0.39, 0.29) is 34.6 Å². The number of benzene rings is 1. The highest BCUT2D eigenvalue weighted by Crippen LogP contribution is 2.31. The van der Waals surface area contributed by atoms with E-state index in [9.17, 15) is 24.0 Å². The Hall–Kier alpha value is -3.23. The first kappa shape index (κ1) is 22.5. The predicted molar refractivity (Wildman–Crippen MR) is 110 cm³/mol. The number of ether oxygens (including phenoxy) is 1. The normalized spacial score (nSPS) is 16.3. The van der Waals surface area contributed by atoms with Crippen LogP contribution in [-0.2, 0) is 9.53 Å². The summed E-state index contributed by atoms with van der Waals surface area (Å²) in [5.74, 6) is -2.11. The Labute approximate surface area is 180 Å². The van der Waals surface area contributed by atoms with E-state index in [2.05, 4.69) is 10.6 Å². The SMILES string of the molecule is CC(C)CNC(=O)NC(=O)COC(=O)c1ccc2c(c1)C(=O)N(C1CCCCC1)C2=O. The number of carbonyl (C=O) groups is 5. The van der Waals surface area contributed by atoms with Crippen molar-refractivity contribution in [2.24, 2.45) is 5.92 Å². The second-order valence-electron chi connectivity index (χ2n) is 8.26. The summed E-state index contributed by atoms with van der Waals surface area (Å²) in [6.45, 7) is 3.57. The molecule has 0 aromatic heterocycles. The van der Waals surface area contributed by atoms with Crippen molar-refractivity contribution in [3.8, 4) is 0 Å². The van der Waals surface area contributed by atoms with Gasteiger partial charge >= 0.3 is 12.0 Å². The number of carbonyl (C=O) groups excluding carboxylic acids is 5. The number of nitrogens with one attached hydrogen (secondary N) is 2. The van der Waals surface area contributed by atoms with Crippen molar-refractivity contribution < 1.29 is 28.7 Å². The van der Waals surface area contributed by atoms with Crippen LogP contribution in [0.25, 0.3) is 0 Å². The number of rotatable bonds is 6. The number of nitrogens with zero attached hydrogens (tertiary/aromatic N) is 1. The number of amides is 5. The lowest BCUT2D eigenvalue weighted by molar-refractivity contribution is -0.123. The second-order valence-corrected chi connectivity index (χ2v) is 8.26. The van der Waals surface area contributed by atoms with Gasteiger partial charge in [-0.05, 0) is 37.0 Å². The van der Waals surface area contributed by atoms with E-state index in [0.29, 0.717) is 6.54 Å². The van der Waals surface area contributed by atoms with Gasteiger partial charge in [-0.25, -0.2) is 9.59 Å². The smallest absolute Gasteiger partial charge is 0.338 e. The second kappa shape index (κ2) is 9.72. The quantitative estimate of drug-likeness (QED) is 0.528. The average molecular weight is 429 g/mol. The summed E-state index contributed by atoms with van der Waals surface area (Å²) in [5, 5.41) is 4.58. The van der Waals surface area contributed by atoms with Gasteiger partial charge in [0.25, 0.3) is 17.7 Å². The molecule has 1 aliphatic carbocycles. The van der Waals surface area contributed by atoms with Gasteiger partial charge < -0.3 is 10.1 Å². The highest BCUT2D eigenvalue weighted by molar-refractivity contribution is 6.22. The van der Waals surface area contributed by atoms with Gasteiger partial charge in [-0.2, -0.15) is 0 Å². The van der Waals surface area contributed by atoms with Crippen molar-refractivity contribution in [1.82, 2.24) is 15.5 Å². The van der Waals surface area contributed by atoms with Crippen LogP contribution in [0, 0.1) is 5.92 Å². The fourth-order valence-corrected chi connectivity index (χ4v) is 3.78. The van der Waals surface area contributed by atoms with Crippen LogP contribution in [0.1, 0.15) is 77.0 Å². The zero-order valence-electron chi connectivity index (χ0n) is 17.7. The van der Waals surface area contributed by atoms with Gasteiger partial charge in [-0.15, -0.1) is 0 Å². The van der Waals surface area contributed by atoms with Crippen molar-refractivity contribution in [3.63, 3.8) is 0 Å². The van der Waals surface area contributed by atoms with Gasteiger partial charge in [-0.1, -0.05) is 33.1 Å². The molecular formula is C22H27N3O6. The molecule has 1 aromatic rings. The highest BCUT2D eigenvalue weighted by atomic mass is 16.5. The van der Waals surface area contributed by atoms with Crippen molar-refractivity contribution in [3.05, 3.63) is 34.9 Å². The number of fused-ring (bicyclic) bond motifs is 1. The van der Waals surface area contributed by atoms with Gasteiger partial charge in [0, 0.05) is 12.6 Å². The van der Waals surface area contributed by atoms with E-state index >= 15 is 0 Å². The summed E-state index contributed by atoms with van der Waals surface area (Å²) in [4.78, 5) is 62.5. The summed E-state index contributed by atoms with van der Waals surface area (Å²) in [5.41, 5.74) is 0.497. The molecule has 0 spiro atoms. The lowest BCUT2D eigenvalue weighted by Gasteiger charge is -2.29. The summed E-state index contributed by atoms with van der Waals surface area (Å²) < 4.78 is 4.94. The van der Waals surface area contributed by atoms with Gasteiger partial charge in [0.2, 0.25) is 0 Å². The molecule has 3 rings (SSSR count). The van der Waals surface area contributed by atoms with E-state index in [1.165, 1.54) is 23.1 Å². The van der Waals surface area contributed by atoms with Crippen LogP contribution in [0.5, 0.6) is 0 Å². The summed E-state index contributed by atoms with van der Waals surface area (Å²) in [7, 11) is 0. The van der Waals surface area contributed by atoms with E-state index in [1.807, 2.05) is 13.8 Å². The molecule has 2 aliphatic rings. The Morgan fingerprint density at radius 2 is 1.74 bits per heavy atom. The molecule has 9 heteroatoms. The molecule has 1 saturated carbocycles. The van der Waals surface area contributed by atoms with Crippen LogP contribution in [0.2, 0.25) is 0 Å². The minimum atomic E-state index is -0.822. The standard InChI is InChI=1S/C22H27N3O6/c1-13(2)11-23-22(30)24-18(26)12-31-21(29)14-8-9-16-17(10-14)20(28)25(19(16)27)15-6-4-3-5-7-15/h8-10,13,15H,3-7,11-12H2,1-2H3,(H2,23,24,26,30). The molecule has 9 nitrogen and oxygen atoms in total. The van der Waals surface area contributed by atoms with Crippen molar-refractivity contribution >= 4 is 29.7 Å². The van der Waals surface area contributed by atoms with Crippen molar-refractivity contribution in [2.75, 3.05) is 13.2 Å². The van der Waals surface area contributed by atoms with Gasteiger partial charge in [0.15, 0.2) is 6.61 Å². The van der Waals surface area contributed by atoms with E-state index < -0.39 is 30.4 Å². The van der Waals surface area contributed by atoms with Crippen LogP contribution < -0.4 is 10.6 Å². The molecule has 0 bridgehead atoms. The molecule has 1 aromatic carbocycles. The van der Waals surface area contributed by atoms with Crippen molar-refractivity contribution in [1.29, 1.82) is 0 Å². The van der Waals surface area contributed by atoms with Crippen LogP contribution >= 0.6 is 0 Å². The lowest BCUT2D eigenvalue weighted by atomic mass is 9.94. The molecule has 1 aliphatic heterocycles. The number of imide groups is 2. The first-order valence-electron chi connectivity index (χ1n) is 10.5. The molecule has 1 fully saturated rings. The molecule has 0 saturated heterocycles. The Balaban J connectivity index is 1.59. The van der Waals surface area contributed by atoms with Crippen molar-refractivity contribution in [2.45, 2.75) is 52.0 Å². The Morgan fingerprint density at radius 3 is 2.42 bits per heavy atom. The summed E-state index contributed by atoms with van der Waals surface area (Å²) in [6, 6.07) is 3.38. The number of hydrogen-bond acceptors (Lipinski definition) is 6. The predicted octanol–water partition coefficient (Wildman–Crippen LogP) is 2.25. The number of esters is 1. The molecule has 5 amide bonds. The minimum Gasteiger partial charge on any atom is -0.452 e. The van der Waals surface area contributed by atoms with Crippen LogP contribution in [0.3, 0.4) is 0 Å². The van der Waals surface area contributed by atoms with E-state index in [4.69, 9.17) is 4.74 Å². The monoisotopic (exact) mass is 429 g/mol. The summed E-state index contributed by atoms with van der Waals surface area (Å²) >= 11 is 0. The maximum atomic E-state index is 12.8.